The van der Waals surface area contributed by atoms with Gasteiger partial charge in [-0.25, -0.2) is 9.78 Å². The summed E-state index contributed by atoms with van der Waals surface area (Å²) in [5.74, 6) is 0.0841. The van der Waals surface area contributed by atoms with Crippen LogP contribution < -0.4 is 4.74 Å². The monoisotopic (exact) mass is 408 g/mol. The number of aromatic nitrogens is 3. The topological polar surface area (TPSA) is 78.7 Å². The van der Waals surface area contributed by atoms with Crippen molar-refractivity contribution in [2.45, 2.75) is 12.6 Å². The second-order valence-corrected chi connectivity index (χ2v) is 7.08. The number of nitrogens with zero attached hydrogens (tertiary/aromatic N) is 4. The van der Waals surface area contributed by atoms with Crippen molar-refractivity contribution < 1.29 is 19.0 Å². The Morgan fingerprint density at radius 2 is 2.10 bits per heavy atom. The molecular formula is C22H24N4O4. The molecule has 0 spiro atoms. The van der Waals surface area contributed by atoms with Gasteiger partial charge < -0.3 is 18.8 Å². The third-order valence-electron chi connectivity index (χ3n) is 4.94. The van der Waals surface area contributed by atoms with Crippen LogP contribution in [-0.4, -0.2) is 64.9 Å². The van der Waals surface area contributed by atoms with Gasteiger partial charge in [0.05, 0.1) is 31.8 Å². The zero-order chi connectivity index (χ0) is 20.8. The fraction of sp³-hybridized carbons (Fsp3) is 0.318. The molecule has 3 aromatic rings. The number of benzene rings is 1. The lowest BCUT2D eigenvalue weighted by Crippen LogP contribution is -2.44. The summed E-state index contributed by atoms with van der Waals surface area (Å²) < 4.78 is 18.3. The summed E-state index contributed by atoms with van der Waals surface area (Å²) in [5.41, 5.74) is 2.70. The summed E-state index contributed by atoms with van der Waals surface area (Å²) in [6, 6.07) is 10.1. The van der Waals surface area contributed by atoms with Crippen molar-refractivity contribution in [2.24, 2.45) is 0 Å². The Morgan fingerprint density at radius 3 is 2.87 bits per heavy atom. The largest absolute Gasteiger partial charge is 0.489 e. The number of carbonyl (C=O) groups excluding carboxylic acids is 1. The first kappa shape index (κ1) is 20.1. The number of hydrogen-bond acceptors (Lipinski definition) is 7. The van der Waals surface area contributed by atoms with Crippen molar-refractivity contribution in [1.82, 2.24) is 19.4 Å². The van der Waals surface area contributed by atoms with Gasteiger partial charge in [-0.15, -0.1) is 0 Å². The van der Waals surface area contributed by atoms with E-state index in [0.717, 1.165) is 25.3 Å². The van der Waals surface area contributed by atoms with E-state index in [1.165, 1.54) is 18.9 Å². The molecule has 1 unspecified atom stereocenters. The van der Waals surface area contributed by atoms with Crippen LogP contribution in [-0.2, 0) is 16.0 Å². The lowest BCUT2D eigenvalue weighted by Gasteiger charge is -2.32. The van der Waals surface area contributed by atoms with Crippen LogP contribution in [0, 0.1) is 0 Å². The summed E-state index contributed by atoms with van der Waals surface area (Å²) in [5, 5.41) is 0. The van der Waals surface area contributed by atoms with Crippen LogP contribution in [0.4, 0.5) is 0 Å². The smallest absolute Gasteiger partial charge is 0.339 e. The van der Waals surface area contributed by atoms with Crippen LogP contribution in [0.5, 0.6) is 5.75 Å². The van der Waals surface area contributed by atoms with Crippen LogP contribution in [0.1, 0.15) is 15.9 Å². The van der Waals surface area contributed by atoms with E-state index in [0.29, 0.717) is 24.5 Å². The molecule has 1 atom stereocenters. The van der Waals surface area contributed by atoms with E-state index < -0.39 is 5.97 Å². The van der Waals surface area contributed by atoms with E-state index in [4.69, 9.17) is 14.2 Å². The molecule has 156 valence electrons. The Morgan fingerprint density at radius 1 is 1.23 bits per heavy atom. The lowest BCUT2D eigenvalue weighted by molar-refractivity contribution is -0.0504. The Labute approximate surface area is 175 Å². The van der Waals surface area contributed by atoms with Gasteiger partial charge in [-0.2, -0.15) is 0 Å². The number of ether oxygens (including phenoxy) is 3. The Balaban J connectivity index is 1.30. The van der Waals surface area contributed by atoms with Crippen LogP contribution >= 0.6 is 0 Å². The molecule has 3 heterocycles. The fourth-order valence-electron chi connectivity index (χ4n) is 3.38. The molecule has 0 saturated carbocycles. The summed E-state index contributed by atoms with van der Waals surface area (Å²) in [7, 11) is 1.34. The highest BCUT2D eigenvalue weighted by Crippen LogP contribution is 2.16. The minimum absolute atomic E-state index is 0.0502. The standard InChI is InChI=1S/C22H24N4O4/c1-28-22(27)18-10-20(12-24-11-18)30-15-21-14-25(8-9-29-21)13-17-2-4-19(5-3-17)26-7-6-23-16-26/h2-7,10-12,16,21H,8-9,13-15H2,1H3. The van der Waals surface area contributed by atoms with Crippen molar-refractivity contribution in [2.75, 3.05) is 33.4 Å². The average Bonchev–Trinajstić information content (AvgIpc) is 3.33. The van der Waals surface area contributed by atoms with Gasteiger partial charge in [-0.1, -0.05) is 12.1 Å². The molecule has 0 aliphatic carbocycles. The number of methoxy groups -OCH3 is 1. The van der Waals surface area contributed by atoms with Gasteiger partial charge in [0.2, 0.25) is 0 Å². The van der Waals surface area contributed by atoms with Gasteiger partial charge in [-0.05, 0) is 23.8 Å². The summed E-state index contributed by atoms with van der Waals surface area (Å²) in [6.45, 7) is 3.54. The maximum Gasteiger partial charge on any atom is 0.339 e. The molecule has 8 nitrogen and oxygen atoms in total. The number of esters is 1. The molecule has 1 aromatic carbocycles. The van der Waals surface area contributed by atoms with Crippen molar-refractivity contribution >= 4 is 5.97 Å². The highest BCUT2D eigenvalue weighted by Gasteiger charge is 2.21. The molecular weight excluding hydrogens is 384 g/mol. The highest BCUT2D eigenvalue weighted by molar-refractivity contribution is 5.89. The van der Waals surface area contributed by atoms with Gasteiger partial charge >= 0.3 is 5.97 Å². The van der Waals surface area contributed by atoms with Crippen molar-refractivity contribution in [3.8, 4) is 11.4 Å². The molecule has 1 aliphatic rings. The number of rotatable bonds is 7. The molecule has 1 saturated heterocycles. The van der Waals surface area contributed by atoms with E-state index in [2.05, 4.69) is 39.1 Å². The minimum atomic E-state index is -0.438. The van der Waals surface area contributed by atoms with Gasteiger partial charge in [0, 0.05) is 43.9 Å². The number of imidazole rings is 1. The molecule has 0 radical (unpaired) electrons. The molecule has 0 amide bonds. The fourth-order valence-corrected chi connectivity index (χ4v) is 3.38. The quantitative estimate of drug-likeness (QED) is 0.555. The SMILES string of the molecule is COC(=O)c1cncc(OCC2CN(Cc3ccc(-n4ccnc4)cc3)CCO2)c1. The number of carbonyl (C=O) groups is 1. The predicted molar refractivity (Wildman–Crippen MR) is 110 cm³/mol. The lowest BCUT2D eigenvalue weighted by atomic mass is 10.1. The van der Waals surface area contributed by atoms with Crippen molar-refractivity contribution in [3.05, 3.63) is 72.6 Å². The first-order valence-corrected chi connectivity index (χ1v) is 9.78. The van der Waals surface area contributed by atoms with Gasteiger partial charge in [-0.3, -0.25) is 9.88 Å². The predicted octanol–water partition coefficient (Wildman–Crippen LogP) is 2.33. The maximum atomic E-state index is 11.6. The van der Waals surface area contributed by atoms with Gasteiger partial charge in [0.15, 0.2) is 0 Å². The maximum absolute atomic E-state index is 11.6. The third-order valence-corrected chi connectivity index (χ3v) is 4.94. The normalized spacial score (nSPS) is 16.9. The molecule has 30 heavy (non-hydrogen) atoms. The Kier molecular flexibility index (Phi) is 6.36. The number of hydrogen-bond donors (Lipinski definition) is 0. The Bertz CT molecular complexity index is 960. The van der Waals surface area contributed by atoms with Crippen LogP contribution in [0.15, 0.2) is 61.4 Å². The Hall–Kier alpha value is -3.23. The average molecular weight is 408 g/mol. The van der Waals surface area contributed by atoms with E-state index in [-0.39, 0.29) is 6.10 Å². The number of pyridine rings is 1. The van der Waals surface area contributed by atoms with E-state index in [1.807, 2.05) is 10.8 Å². The molecule has 4 rings (SSSR count). The second-order valence-electron chi connectivity index (χ2n) is 7.08. The first-order valence-electron chi connectivity index (χ1n) is 9.78. The van der Waals surface area contributed by atoms with Gasteiger partial charge in [0.25, 0.3) is 0 Å². The zero-order valence-electron chi connectivity index (χ0n) is 16.8. The van der Waals surface area contributed by atoms with Gasteiger partial charge in [0.1, 0.15) is 18.5 Å². The van der Waals surface area contributed by atoms with E-state index in [9.17, 15) is 4.79 Å². The first-order chi connectivity index (χ1) is 14.7. The molecule has 8 heteroatoms. The van der Waals surface area contributed by atoms with Crippen LogP contribution in [0.25, 0.3) is 5.69 Å². The third kappa shape index (κ3) is 5.03. The summed E-state index contributed by atoms with van der Waals surface area (Å²) in [4.78, 5) is 22.1. The summed E-state index contributed by atoms with van der Waals surface area (Å²) in [6.07, 6.45) is 8.47. The highest BCUT2D eigenvalue weighted by atomic mass is 16.5. The van der Waals surface area contributed by atoms with Crippen LogP contribution in [0.3, 0.4) is 0 Å². The molecule has 0 bridgehead atoms. The van der Waals surface area contributed by atoms with E-state index >= 15 is 0 Å². The second kappa shape index (κ2) is 9.51. The summed E-state index contributed by atoms with van der Waals surface area (Å²) >= 11 is 0. The van der Waals surface area contributed by atoms with Crippen molar-refractivity contribution in [1.29, 1.82) is 0 Å². The number of morpholine rings is 1. The molecule has 2 aromatic heterocycles. The zero-order valence-corrected chi connectivity index (χ0v) is 16.8. The van der Waals surface area contributed by atoms with Crippen molar-refractivity contribution in [3.63, 3.8) is 0 Å². The molecule has 0 N–H and O–H groups in total. The van der Waals surface area contributed by atoms with Crippen LogP contribution in [0.2, 0.25) is 0 Å². The minimum Gasteiger partial charge on any atom is -0.489 e. The molecule has 1 aliphatic heterocycles. The van der Waals surface area contributed by atoms with E-state index in [1.54, 1.807) is 24.8 Å². The molecule has 1 fully saturated rings.